The van der Waals surface area contributed by atoms with Crippen LogP contribution in [0.2, 0.25) is 10.0 Å². The smallest absolute Gasteiger partial charge is 0.227 e. The number of benzene rings is 2. The number of carbonyl (C=O) groups is 1. The molecule has 3 rings (SSSR count). The summed E-state index contributed by atoms with van der Waals surface area (Å²) in [5, 5.41) is 4.76. The fourth-order valence-electron chi connectivity index (χ4n) is 2.97. The highest BCUT2D eigenvalue weighted by Crippen LogP contribution is 2.24. The quantitative estimate of drug-likeness (QED) is 0.813. The molecule has 2 aromatic carbocycles. The predicted octanol–water partition coefficient (Wildman–Crippen LogP) is 4.97. The molecule has 0 aliphatic carbocycles. The molecule has 1 saturated heterocycles. The van der Waals surface area contributed by atoms with Crippen molar-refractivity contribution in [3.8, 4) is 0 Å². The average Bonchev–Trinajstić information content (AvgIpc) is 2.98. The van der Waals surface area contributed by atoms with Gasteiger partial charge in [-0.2, -0.15) is 0 Å². The number of nitrogens with one attached hydrogen (secondary N) is 1. The van der Waals surface area contributed by atoms with Crippen molar-refractivity contribution in [1.82, 2.24) is 5.32 Å². The van der Waals surface area contributed by atoms with Gasteiger partial charge in [0, 0.05) is 41.3 Å². The Morgan fingerprint density at radius 2 is 1.79 bits per heavy atom. The van der Waals surface area contributed by atoms with Crippen molar-refractivity contribution < 1.29 is 4.79 Å². The standard InChI is InChI=1S/C19H20Cl2N2O/c1-13(22-12-14-9-16(20)11-17(21)10-14)15-4-6-18(7-5-15)23-8-2-3-19(23)24/h4-7,9-11,13,22H,2-3,8,12H2,1H3. The maximum Gasteiger partial charge on any atom is 0.227 e. The van der Waals surface area contributed by atoms with Crippen LogP contribution in [0, 0.1) is 0 Å². The first-order valence-electron chi connectivity index (χ1n) is 8.11. The Morgan fingerprint density at radius 3 is 2.38 bits per heavy atom. The van der Waals surface area contributed by atoms with Crippen molar-refractivity contribution in [2.75, 3.05) is 11.4 Å². The van der Waals surface area contributed by atoms with E-state index in [0.717, 1.165) is 24.2 Å². The summed E-state index contributed by atoms with van der Waals surface area (Å²) >= 11 is 12.1. The van der Waals surface area contributed by atoms with E-state index in [-0.39, 0.29) is 11.9 Å². The van der Waals surface area contributed by atoms with E-state index in [1.165, 1.54) is 5.56 Å². The van der Waals surface area contributed by atoms with E-state index in [1.54, 1.807) is 6.07 Å². The normalized spacial score (nSPS) is 15.8. The molecule has 1 fully saturated rings. The Labute approximate surface area is 152 Å². The summed E-state index contributed by atoms with van der Waals surface area (Å²) in [5.41, 5.74) is 3.22. The summed E-state index contributed by atoms with van der Waals surface area (Å²) < 4.78 is 0. The van der Waals surface area contributed by atoms with Gasteiger partial charge >= 0.3 is 0 Å². The lowest BCUT2D eigenvalue weighted by Crippen LogP contribution is -2.23. The molecule has 1 unspecified atom stereocenters. The van der Waals surface area contributed by atoms with Gasteiger partial charge in [-0.15, -0.1) is 0 Å². The third-order valence-electron chi connectivity index (χ3n) is 4.31. The van der Waals surface area contributed by atoms with Crippen molar-refractivity contribution in [3.63, 3.8) is 0 Å². The van der Waals surface area contributed by atoms with Crippen LogP contribution in [0.1, 0.15) is 36.9 Å². The van der Waals surface area contributed by atoms with Crippen molar-refractivity contribution >= 4 is 34.8 Å². The maximum atomic E-state index is 11.8. The van der Waals surface area contributed by atoms with Crippen LogP contribution >= 0.6 is 23.2 Å². The van der Waals surface area contributed by atoms with E-state index in [4.69, 9.17) is 23.2 Å². The Hall–Kier alpha value is -1.55. The van der Waals surface area contributed by atoms with Crippen molar-refractivity contribution in [2.24, 2.45) is 0 Å². The highest BCUT2D eigenvalue weighted by Gasteiger charge is 2.21. The van der Waals surface area contributed by atoms with Crippen molar-refractivity contribution in [2.45, 2.75) is 32.4 Å². The number of rotatable bonds is 5. The van der Waals surface area contributed by atoms with Gasteiger partial charge in [-0.05, 0) is 54.8 Å². The molecule has 5 heteroatoms. The van der Waals surface area contributed by atoms with Crippen LogP contribution in [-0.4, -0.2) is 12.5 Å². The lowest BCUT2D eigenvalue weighted by atomic mass is 10.1. The van der Waals surface area contributed by atoms with E-state index in [9.17, 15) is 4.79 Å². The third kappa shape index (κ3) is 4.10. The molecule has 1 aliphatic rings. The lowest BCUT2D eigenvalue weighted by Gasteiger charge is -2.18. The summed E-state index contributed by atoms with van der Waals surface area (Å²) in [6.45, 7) is 3.62. The second-order valence-electron chi connectivity index (χ2n) is 6.12. The van der Waals surface area contributed by atoms with E-state index in [2.05, 4.69) is 24.4 Å². The number of hydrogen-bond donors (Lipinski definition) is 1. The SMILES string of the molecule is CC(NCc1cc(Cl)cc(Cl)c1)c1ccc(N2CCCC2=O)cc1. The fourth-order valence-corrected chi connectivity index (χ4v) is 3.54. The molecule has 1 amide bonds. The van der Waals surface area contributed by atoms with Crippen molar-refractivity contribution in [1.29, 1.82) is 0 Å². The zero-order valence-corrected chi connectivity index (χ0v) is 15.1. The molecule has 1 N–H and O–H groups in total. The Kier molecular flexibility index (Phi) is 5.44. The van der Waals surface area contributed by atoms with E-state index in [0.29, 0.717) is 23.0 Å². The molecule has 1 heterocycles. The van der Waals surface area contributed by atoms with E-state index >= 15 is 0 Å². The van der Waals surface area contributed by atoms with Crippen LogP contribution in [0.5, 0.6) is 0 Å². The van der Waals surface area contributed by atoms with Gasteiger partial charge in [-0.25, -0.2) is 0 Å². The van der Waals surface area contributed by atoms with Gasteiger partial charge in [-0.1, -0.05) is 35.3 Å². The van der Waals surface area contributed by atoms with Crippen LogP contribution in [0.4, 0.5) is 5.69 Å². The molecular formula is C19H20Cl2N2O. The second kappa shape index (κ2) is 7.56. The molecule has 0 aromatic heterocycles. The molecule has 0 bridgehead atoms. The largest absolute Gasteiger partial charge is 0.312 e. The highest BCUT2D eigenvalue weighted by atomic mass is 35.5. The molecular weight excluding hydrogens is 343 g/mol. The van der Waals surface area contributed by atoms with Gasteiger partial charge in [0.2, 0.25) is 5.91 Å². The lowest BCUT2D eigenvalue weighted by molar-refractivity contribution is -0.117. The zero-order chi connectivity index (χ0) is 17.1. The molecule has 1 aliphatic heterocycles. The molecule has 1 atom stereocenters. The molecule has 0 radical (unpaired) electrons. The Balaban J connectivity index is 1.62. The van der Waals surface area contributed by atoms with Crippen LogP contribution in [0.25, 0.3) is 0 Å². The third-order valence-corrected chi connectivity index (χ3v) is 4.75. The second-order valence-corrected chi connectivity index (χ2v) is 6.99. The van der Waals surface area contributed by atoms with Crippen LogP contribution < -0.4 is 10.2 Å². The first-order valence-corrected chi connectivity index (χ1v) is 8.87. The minimum Gasteiger partial charge on any atom is -0.312 e. The summed E-state index contributed by atoms with van der Waals surface area (Å²) in [6.07, 6.45) is 1.60. The molecule has 0 saturated carbocycles. The Morgan fingerprint density at radius 1 is 1.12 bits per heavy atom. The monoisotopic (exact) mass is 362 g/mol. The molecule has 24 heavy (non-hydrogen) atoms. The van der Waals surface area contributed by atoms with Gasteiger partial charge < -0.3 is 10.2 Å². The number of halogens is 2. The van der Waals surface area contributed by atoms with Gasteiger partial charge in [-0.3, -0.25) is 4.79 Å². The van der Waals surface area contributed by atoms with E-state index in [1.807, 2.05) is 29.2 Å². The van der Waals surface area contributed by atoms with Crippen LogP contribution in [0.15, 0.2) is 42.5 Å². The fraction of sp³-hybridized carbons (Fsp3) is 0.316. The van der Waals surface area contributed by atoms with Gasteiger partial charge in [0.1, 0.15) is 0 Å². The minimum atomic E-state index is 0.186. The first kappa shape index (κ1) is 17.3. The topological polar surface area (TPSA) is 32.3 Å². The first-order chi connectivity index (χ1) is 11.5. The summed E-state index contributed by atoms with van der Waals surface area (Å²) in [5.74, 6) is 0.215. The number of nitrogens with zero attached hydrogens (tertiary/aromatic N) is 1. The minimum absolute atomic E-state index is 0.186. The van der Waals surface area contributed by atoms with Crippen LogP contribution in [-0.2, 0) is 11.3 Å². The molecule has 126 valence electrons. The van der Waals surface area contributed by atoms with Gasteiger partial charge in [0.25, 0.3) is 0 Å². The zero-order valence-electron chi connectivity index (χ0n) is 13.6. The number of anilines is 1. The summed E-state index contributed by atoms with van der Waals surface area (Å²) in [6, 6.07) is 13.9. The molecule has 2 aromatic rings. The van der Waals surface area contributed by atoms with Gasteiger partial charge in [0.15, 0.2) is 0 Å². The molecule has 0 spiro atoms. The van der Waals surface area contributed by atoms with Crippen LogP contribution in [0.3, 0.4) is 0 Å². The number of amides is 1. The number of carbonyl (C=O) groups excluding carboxylic acids is 1. The molecule has 3 nitrogen and oxygen atoms in total. The van der Waals surface area contributed by atoms with Gasteiger partial charge in [0.05, 0.1) is 0 Å². The highest BCUT2D eigenvalue weighted by molar-refractivity contribution is 6.34. The Bertz CT molecular complexity index is 710. The van der Waals surface area contributed by atoms with Crippen molar-refractivity contribution in [3.05, 3.63) is 63.6 Å². The predicted molar refractivity (Wildman–Crippen MR) is 99.7 cm³/mol. The number of hydrogen-bond acceptors (Lipinski definition) is 2. The average molecular weight is 363 g/mol. The van der Waals surface area contributed by atoms with E-state index < -0.39 is 0 Å². The maximum absolute atomic E-state index is 11.8. The summed E-state index contributed by atoms with van der Waals surface area (Å²) in [4.78, 5) is 13.7. The summed E-state index contributed by atoms with van der Waals surface area (Å²) in [7, 11) is 0.